The molecule has 102 valence electrons. The number of anilines is 1. The average Bonchev–Trinajstić information content (AvgIpc) is 2.82. The van der Waals surface area contributed by atoms with Crippen LogP contribution in [0, 0.1) is 5.82 Å². The Morgan fingerprint density at radius 3 is 2.63 bits per heavy atom. The number of carboxylic acids is 1. The Morgan fingerprint density at radius 2 is 2.05 bits per heavy atom. The van der Waals surface area contributed by atoms with E-state index in [4.69, 9.17) is 21.4 Å². The van der Waals surface area contributed by atoms with Crippen LogP contribution in [0.3, 0.4) is 0 Å². The van der Waals surface area contributed by atoms with Gasteiger partial charge in [0.2, 0.25) is 0 Å². The summed E-state index contributed by atoms with van der Waals surface area (Å²) in [7, 11) is 0. The Kier molecular flexibility index (Phi) is 4.01. The maximum Gasteiger partial charge on any atom is 0.332 e. The van der Waals surface area contributed by atoms with Crippen molar-refractivity contribution in [3.8, 4) is 0 Å². The molecule has 2 atom stereocenters. The van der Waals surface area contributed by atoms with Crippen molar-refractivity contribution in [1.29, 1.82) is 0 Å². The van der Waals surface area contributed by atoms with E-state index in [2.05, 4.69) is 5.32 Å². The molecular formula is C12H11ClFNO4. The number of amides is 1. The molecule has 1 fully saturated rings. The lowest BCUT2D eigenvalue weighted by Gasteiger charge is -2.12. The summed E-state index contributed by atoms with van der Waals surface area (Å²) in [6.07, 6.45) is -1.31. The molecule has 1 saturated heterocycles. The van der Waals surface area contributed by atoms with Gasteiger partial charge in [-0.3, -0.25) is 4.79 Å². The third kappa shape index (κ3) is 3.21. The van der Waals surface area contributed by atoms with Gasteiger partial charge in [0.15, 0.2) is 6.10 Å². The predicted molar refractivity (Wildman–Crippen MR) is 65.6 cm³/mol. The number of rotatable bonds is 3. The second-order valence-electron chi connectivity index (χ2n) is 4.14. The van der Waals surface area contributed by atoms with E-state index in [1.165, 1.54) is 12.1 Å². The Balaban J connectivity index is 2.00. The van der Waals surface area contributed by atoms with E-state index < -0.39 is 29.9 Å². The summed E-state index contributed by atoms with van der Waals surface area (Å²) in [5.74, 6) is -2.33. The van der Waals surface area contributed by atoms with E-state index in [1.54, 1.807) is 0 Å². The van der Waals surface area contributed by atoms with E-state index in [9.17, 15) is 14.0 Å². The molecule has 1 aliphatic rings. The van der Waals surface area contributed by atoms with Crippen molar-refractivity contribution < 1.29 is 23.8 Å². The Morgan fingerprint density at radius 1 is 1.37 bits per heavy atom. The zero-order valence-corrected chi connectivity index (χ0v) is 10.5. The third-order valence-corrected chi connectivity index (χ3v) is 3.01. The molecule has 7 heteroatoms. The SMILES string of the molecule is O=C(Nc1ccc(Cl)cc1F)[C@@H]1CC[C@H](C(=O)O)O1. The summed E-state index contributed by atoms with van der Waals surface area (Å²) in [5.41, 5.74) is -0.0169. The first-order chi connectivity index (χ1) is 8.97. The summed E-state index contributed by atoms with van der Waals surface area (Å²) in [4.78, 5) is 22.5. The van der Waals surface area contributed by atoms with Crippen LogP contribution < -0.4 is 5.32 Å². The molecule has 1 heterocycles. The van der Waals surface area contributed by atoms with Gasteiger partial charge in [-0.1, -0.05) is 11.6 Å². The van der Waals surface area contributed by atoms with Crippen LogP contribution in [0.5, 0.6) is 0 Å². The van der Waals surface area contributed by atoms with Crippen molar-refractivity contribution in [2.24, 2.45) is 0 Å². The van der Waals surface area contributed by atoms with Crippen LogP contribution in [0.1, 0.15) is 12.8 Å². The number of hydrogen-bond donors (Lipinski definition) is 2. The number of nitrogens with one attached hydrogen (secondary N) is 1. The maximum atomic E-state index is 13.5. The number of halogens is 2. The lowest BCUT2D eigenvalue weighted by atomic mass is 10.2. The predicted octanol–water partition coefficient (Wildman–Crippen LogP) is 2.05. The van der Waals surface area contributed by atoms with Gasteiger partial charge in [0.1, 0.15) is 11.9 Å². The monoisotopic (exact) mass is 287 g/mol. The first-order valence-electron chi connectivity index (χ1n) is 5.61. The van der Waals surface area contributed by atoms with Crippen LogP contribution in [0.15, 0.2) is 18.2 Å². The standard InChI is InChI=1S/C12H11ClFNO4/c13-6-1-2-8(7(14)5-6)15-11(16)9-3-4-10(19-9)12(17)18/h1-2,5,9-10H,3-4H2,(H,15,16)(H,17,18)/t9-,10+/m0/s1. The zero-order valence-electron chi connectivity index (χ0n) is 9.73. The van der Waals surface area contributed by atoms with Gasteiger partial charge in [0.05, 0.1) is 5.69 Å². The largest absolute Gasteiger partial charge is 0.479 e. The summed E-state index contributed by atoms with van der Waals surface area (Å²) >= 11 is 5.59. The molecule has 0 radical (unpaired) electrons. The normalized spacial score (nSPS) is 22.2. The van der Waals surface area contributed by atoms with E-state index in [0.29, 0.717) is 0 Å². The summed E-state index contributed by atoms with van der Waals surface area (Å²) in [6.45, 7) is 0. The fraction of sp³-hybridized carbons (Fsp3) is 0.333. The molecule has 1 amide bonds. The van der Waals surface area contributed by atoms with Crippen molar-refractivity contribution in [1.82, 2.24) is 0 Å². The molecule has 0 saturated carbocycles. The zero-order chi connectivity index (χ0) is 14.0. The minimum atomic E-state index is -1.10. The van der Waals surface area contributed by atoms with Gasteiger partial charge in [-0.05, 0) is 31.0 Å². The number of carbonyl (C=O) groups excluding carboxylic acids is 1. The highest BCUT2D eigenvalue weighted by Crippen LogP contribution is 2.23. The summed E-state index contributed by atoms with van der Waals surface area (Å²) < 4.78 is 18.5. The van der Waals surface area contributed by atoms with Crippen molar-refractivity contribution in [3.05, 3.63) is 29.0 Å². The molecule has 0 spiro atoms. The fourth-order valence-corrected chi connectivity index (χ4v) is 1.97. The topological polar surface area (TPSA) is 75.6 Å². The molecule has 1 aromatic rings. The molecule has 0 unspecified atom stereocenters. The number of hydrogen-bond acceptors (Lipinski definition) is 3. The molecule has 1 aromatic carbocycles. The van der Waals surface area contributed by atoms with Gasteiger partial charge in [0, 0.05) is 5.02 Å². The van der Waals surface area contributed by atoms with Gasteiger partial charge >= 0.3 is 5.97 Å². The van der Waals surface area contributed by atoms with Crippen molar-refractivity contribution >= 4 is 29.2 Å². The fourth-order valence-electron chi connectivity index (χ4n) is 1.82. The van der Waals surface area contributed by atoms with Gasteiger partial charge in [-0.2, -0.15) is 0 Å². The lowest BCUT2D eigenvalue weighted by Crippen LogP contribution is -2.30. The first kappa shape index (κ1) is 13.8. The second kappa shape index (κ2) is 5.54. The van der Waals surface area contributed by atoms with Crippen LogP contribution in [-0.4, -0.2) is 29.2 Å². The number of carboxylic acid groups (broad SMARTS) is 1. The molecule has 0 aliphatic carbocycles. The first-order valence-corrected chi connectivity index (χ1v) is 5.99. The van der Waals surface area contributed by atoms with Crippen LogP contribution in [0.25, 0.3) is 0 Å². The van der Waals surface area contributed by atoms with E-state index in [-0.39, 0.29) is 23.6 Å². The Bertz CT molecular complexity index is 522. The average molecular weight is 288 g/mol. The van der Waals surface area contributed by atoms with Crippen LogP contribution in [-0.2, 0) is 14.3 Å². The van der Waals surface area contributed by atoms with Gasteiger partial charge in [0.25, 0.3) is 5.91 Å². The second-order valence-corrected chi connectivity index (χ2v) is 4.58. The minimum Gasteiger partial charge on any atom is -0.479 e. The Labute approximate surface area is 113 Å². The van der Waals surface area contributed by atoms with E-state index in [0.717, 1.165) is 6.07 Å². The lowest BCUT2D eigenvalue weighted by molar-refractivity contribution is -0.150. The number of carbonyl (C=O) groups is 2. The van der Waals surface area contributed by atoms with Gasteiger partial charge < -0.3 is 15.2 Å². The van der Waals surface area contributed by atoms with Crippen LogP contribution in [0.2, 0.25) is 5.02 Å². The van der Waals surface area contributed by atoms with Crippen LogP contribution >= 0.6 is 11.6 Å². The molecule has 5 nitrogen and oxygen atoms in total. The van der Waals surface area contributed by atoms with Crippen molar-refractivity contribution in [2.45, 2.75) is 25.0 Å². The molecule has 0 aromatic heterocycles. The highest BCUT2D eigenvalue weighted by molar-refractivity contribution is 6.30. The number of benzene rings is 1. The molecule has 2 rings (SSSR count). The smallest absolute Gasteiger partial charge is 0.332 e. The van der Waals surface area contributed by atoms with E-state index in [1.807, 2.05) is 0 Å². The number of ether oxygens (including phenoxy) is 1. The Hall–Kier alpha value is -1.66. The highest BCUT2D eigenvalue weighted by Gasteiger charge is 2.34. The molecular weight excluding hydrogens is 277 g/mol. The molecule has 19 heavy (non-hydrogen) atoms. The molecule has 1 aliphatic heterocycles. The minimum absolute atomic E-state index is 0.0169. The molecule has 2 N–H and O–H groups in total. The van der Waals surface area contributed by atoms with Crippen molar-refractivity contribution in [3.63, 3.8) is 0 Å². The molecule has 0 bridgehead atoms. The summed E-state index contributed by atoms with van der Waals surface area (Å²) in [6, 6.07) is 3.85. The van der Waals surface area contributed by atoms with Crippen LogP contribution in [0.4, 0.5) is 10.1 Å². The maximum absolute atomic E-state index is 13.5. The quantitative estimate of drug-likeness (QED) is 0.892. The number of aliphatic carboxylic acids is 1. The van der Waals surface area contributed by atoms with Crippen molar-refractivity contribution in [2.75, 3.05) is 5.32 Å². The van der Waals surface area contributed by atoms with E-state index >= 15 is 0 Å². The van der Waals surface area contributed by atoms with Gasteiger partial charge in [-0.25, -0.2) is 9.18 Å². The third-order valence-electron chi connectivity index (χ3n) is 2.78. The van der Waals surface area contributed by atoms with Gasteiger partial charge in [-0.15, -0.1) is 0 Å². The highest BCUT2D eigenvalue weighted by atomic mass is 35.5. The summed E-state index contributed by atoms with van der Waals surface area (Å²) in [5, 5.41) is 11.3.